The highest BCUT2D eigenvalue weighted by Crippen LogP contribution is 2.26. The lowest BCUT2D eigenvalue weighted by Crippen LogP contribution is -2.33. The predicted molar refractivity (Wildman–Crippen MR) is 96.7 cm³/mol. The van der Waals surface area contributed by atoms with E-state index in [1.165, 1.54) is 43.7 Å². The van der Waals surface area contributed by atoms with Crippen LogP contribution in [0.4, 0.5) is 5.69 Å². The second kappa shape index (κ2) is 8.52. The number of para-hydroxylation sites is 2. The summed E-state index contributed by atoms with van der Waals surface area (Å²) in [4.78, 5) is 7.65. The SMILES string of the molecule is Clc1ncc(CNc2ccccc2OCCN2CCCCC2)s1. The second-order valence-corrected chi connectivity index (χ2v) is 7.38. The molecule has 1 aromatic carbocycles. The fourth-order valence-corrected chi connectivity index (χ4v) is 3.67. The summed E-state index contributed by atoms with van der Waals surface area (Å²) in [6.45, 7) is 4.84. The van der Waals surface area contributed by atoms with Crippen LogP contribution in [0, 0.1) is 0 Å². The van der Waals surface area contributed by atoms with E-state index in [0.717, 1.165) is 29.5 Å². The Morgan fingerprint density at radius 2 is 2.04 bits per heavy atom. The summed E-state index contributed by atoms with van der Waals surface area (Å²) in [5, 5.41) is 3.40. The molecule has 1 aliphatic heterocycles. The van der Waals surface area contributed by atoms with Crippen molar-refractivity contribution in [2.75, 3.05) is 31.6 Å². The molecule has 2 aromatic rings. The highest BCUT2D eigenvalue weighted by atomic mass is 35.5. The van der Waals surface area contributed by atoms with Gasteiger partial charge in [0.1, 0.15) is 12.4 Å². The second-order valence-electron chi connectivity index (χ2n) is 5.68. The van der Waals surface area contributed by atoms with Gasteiger partial charge in [0.05, 0.1) is 12.2 Å². The Bertz CT molecular complexity index is 613. The van der Waals surface area contributed by atoms with E-state index in [0.29, 0.717) is 11.0 Å². The average molecular weight is 352 g/mol. The normalized spacial score (nSPS) is 15.5. The molecule has 0 radical (unpaired) electrons. The van der Waals surface area contributed by atoms with Crippen LogP contribution in [-0.2, 0) is 6.54 Å². The molecular formula is C17H22ClN3OS. The van der Waals surface area contributed by atoms with Crippen molar-refractivity contribution in [2.45, 2.75) is 25.8 Å². The van der Waals surface area contributed by atoms with Crippen molar-refractivity contribution in [1.29, 1.82) is 0 Å². The molecule has 1 aromatic heterocycles. The summed E-state index contributed by atoms with van der Waals surface area (Å²) < 4.78 is 6.57. The van der Waals surface area contributed by atoms with Gasteiger partial charge in [-0.1, -0.05) is 30.2 Å². The minimum Gasteiger partial charge on any atom is -0.490 e. The first-order valence-corrected chi connectivity index (χ1v) is 9.29. The zero-order chi connectivity index (χ0) is 15.9. The van der Waals surface area contributed by atoms with Crippen LogP contribution in [0.25, 0.3) is 0 Å². The lowest BCUT2D eigenvalue weighted by atomic mass is 10.1. The number of ether oxygens (including phenoxy) is 1. The number of halogens is 1. The van der Waals surface area contributed by atoms with E-state index in [-0.39, 0.29) is 0 Å². The highest BCUT2D eigenvalue weighted by Gasteiger charge is 2.10. The molecule has 0 spiro atoms. The molecule has 3 rings (SSSR count). The monoisotopic (exact) mass is 351 g/mol. The number of aromatic nitrogens is 1. The maximum Gasteiger partial charge on any atom is 0.183 e. The van der Waals surface area contributed by atoms with Crippen molar-refractivity contribution >= 4 is 28.6 Å². The van der Waals surface area contributed by atoms with E-state index in [2.05, 4.69) is 15.2 Å². The third-order valence-electron chi connectivity index (χ3n) is 3.98. The van der Waals surface area contributed by atoms with Crippen LogP contribution in [0.5, 0.6) is 5.75 Å². The van der Waals surface area contributed by atoms with Crippen molar-refractivity contribution in [3.05, 3.63) is 39.8 Å². The van der Waals surface area contributed by atoms with Crippen molar-refractivity contribution in [3.63, 3.8) is 0 Å². The Kier molecular flexibility index (Phi) is 6.13. The van der Waals surface area contributed by atoms with E-state index in [1.54, 1.807) is 6.20 Å². The summed E-state index contributed by atoms with van der Waals surface area (Å²) >= 11 is 7.36. The molecule has 6 heteroatoms. The lowest BCUT2D eigenvalue weighted by Gasteiger charge is -2.26. The Morgan fingerprint density at radius 3 is 2.83 bits per heavy atom. The van der Waals surface area contributed by atoms with Crippen molar-refractivity contribution < 1.29 is 4.74 Å². The molecule has 2 heterocycles. The first-order chi connectivity index (χ1) is 11.3. The number of likely N-dealkylation sites (tertiary alicyclic amines) is 1. The lowest BCUT2D eigenvalue weighted by molar-refractivity contribution is 0.184. The molecule has 1 aliphatic rings. The number of anilines is 1. The van der Waals surface area contributed by atoms with Crippen LogP contribution in [-0.4, -0.2) is 36.1 Å². The third-order valence-corrected chi connectivity index (χ3v) is 5.09. The number of nitrogens with one attached hydrogen (secondary N) is 1. The molecule has 0 atom stereocenters. The fourth-order valence-electron chi connectivity index (χ4n) is 2.75. The molecule has 23 heavy (non-hydrogen) atoms. The third kappa shape index (κ3) is 5.09. The van der Waals surface area contributed by atoms with Gasteiger partial charge in [-0.2, -0.15) is 0 Å². The highest BCUT2D eigenvalue weighted by molar-refractivity contribution is 7.15. The number of hydrogen-bond donors (Lipinski definition) is 1. The summed E-state index contributed by atoms with van der Waals surface area (Å²) in [5.41, 5.74) is 1.01. The van der Waals surface area contributed by atoms with Gasteiger partial charge < -0.3 is 10.1 Å². The number of nitrogens with zero attached hydrogens (tertiary/aromatic N) is 2. The van der Waals surface area contributed by atoms with Crippen LogP contribution < -0.4 is 10.1 Å². The smallest absolute Gasteiger partial charge is 0.183 e. The topological polar surface area (TPSA) is 37.4 Å². The van der Waals surface area contributed by atoms with E-state index in [9.17, 15) is 0 Å². The van der Waals surface area contributed by atoms with Gasteiger partial charge in [-0.25, -0.2) is 4.98 Å². The summed E-state index contributed by atoms with van der Waals surface area (Å²) in [5.74, 6) is 0.903. The van der Waals surface area contributed by atoms with Crippen molar-refractivity contribution in [1.82, 2.24) is 9.88 Å². The van der Waals surface area contributed by atoms with Crippen LogP contribution in [0.15, 0.2) is 30.5 Å². The maximum absolute atomic E-state index is 5.99. The molecular weight excluding hydrogens is 330 g/mol. The molecule has 0 unspecified atom stereocenters. The molecule has 124 valence electrons. The van der Waals surface area contributed by atoms with Gasteiger partial charge in [-0.3, -0.25) is 4.90 Å². The quantitative estimate of drug-likeness (QED) is 0.808. The van der Waals surface area contributed by atoms with Gasteiger partial charge in [0.15, 0.2) is 4.47 Å². The number of hydrogen-bond acceptors (Lipinski definition) is 5. The van der Waals surface area contributed by atoms with E-state index in [4.69, 9.17) is 16.3 Å². The zero-order valence-electron chi connectivity index (χ0n) is 13.1. The van der Waals surface area contributed by atoms with E-state index in [1.807, 2.05) is 24.3 Å². The molecule has 0 aliphatic carbocycles. The summed E-state index contributed by atoms with van der Waals surface area (Å²) in [6.07, 6.45) is 5.80. The molecule has 0 bridgehead atoms. The van der Waals surface area contributed by atoms with E-state index >= 15 is 0 Å². The molecule has 4 nitrogen and oxygen atoms in total. The van der Waals surface area contributed by atoms with Crippen LogP contribution >= 0.6 is 22.9 Å². The molecule has 0 saturated carbocycles. The van der Waals surface area contributed by atoms with Crippen LogP contribution in [0.2, 0.25) is 4.47 Å². The standard InChI is InChI=1S/C17H22ClN3OS/c18-17-20-13-14(23-17)12-19-15-6-2-3-7-16(15)22-11-10-21-8-4-1-5-9-21/h2-3,6-7,13,19H,1,4-5,8-12H2. The van der Waals surface area contributed by atoms with Gasteiger partial charge in [-0.15, -0.1) is 11.3 Å². The first kappa shape index (κ1) is 16.6. The van der Waals surface area contributed by atoms with Crippen molar-refractivity contribution in [3.8, 4) is 5.75 Å². The largest absolute Gasteiger partial charge is 0.490 e. The Labute approximate surface area is 146 Å². The minimum atomic E-state index is 0.577. The maximum atomic E-state index is 5.99. The minimum absolute atomic E-state index is 0.577. The number of benzene rings is 1. The Morgan fingerprint density at radius 1 is 1.22 bits per heavy atom. The molecule has 1 N–H and O–H groups in total. The van der Waals surface area contributed by atoms with E-state index < -0.39 is 0 Å². The molecule has 0 amide bonds. The van der Waals surface area contributed by atoms with Crippen LogP contribution in [0.1, 0.15) is 24.1 Å². The van der Waals surface area contributed by atoms with Gasteiger partial charge >= 0.3 is 0 Å². The van der Waals surface area contributed by atoms with Gasteiger partial charge in [0.2, 0.25) is 0 Å². The van der Waals surface area contributed by atoms with Crippen LogP contribution in [0.3, 0.4) is 0 Å². The Hall–Kier alpha value is -1.30. The summed E-state index contributed by atoms with van der Waals surface area (Å²) in [7, 11) is 0. The fraction of sp³-hybridized carbons (Fsp3) is 0.471. The van der Waals surface area contributed by atoms with Gasteiger partial charge in [0.25, 0.3) is 0 Å². The number of rotatable bonds is 7. The summed E-state index contributed by atoms with van der Waals surface area (Å²) in [6, 6.07) is 8.07. The predicted octanol–water partition coefficient (Wildman–Crippen LogP) is 4.27. The molecule has 1 saturated heterocycles. The average Bonchev–Trinajstić information content (AvgIpc) is 3.00. The number of piperidine rings is 1. The van der Waals surface area contributed by atoms with Gasteiger partial charge in [0, 0.05) is 17.6 Å². The Balaban J connectivity index is 1.50. The first-order valence-electron chi connectivity index (χ1n) is 8.09. The zero-order valence-corrected chi connectivity index (χ0v) is 14.7. The number of thiazole rings is 1. The molecule has 1 fully saturated rings. The van der Waals surface area contributed by atoms with Crippen molar-refractivity contribution in [2.24, 2.45) is 0 Å². The van der Waals surface area contributed by atoms with Gasteiger partial charge in [-0.05, 0) is 38.1 Å².